The first-order valence-electron chi connectivity index (χ1n) is 12.6. The highest BCUT2D eigenvalue weighted by Gasteiger charge is 2.49. The molecule has 2 aliphatic heterocycles. The van der Waals surface area contributed by atoms with Crippen molar-refractivity contribution in [3.05, 3.63) is 0 Å². The van der Waals surface area contributed by atoms with Gasteiger partial charge in [-0.25, -0.2) is 0 Å². The molecule has 6 nitrogen and oxygen atoms in total. The first-order chi connectivity index (χ1) is 14.5. The Kier molecular flexibility index (Phi) is 8.99. The van der Waals surface area contributed by atoms with E-state index in [4.69, 9.17) is 9.47 Å². The minimum absolute atomic E-state index is 0.329. The summed E-state index contributed by atoms with van der Waals surface area (Å²) in [4.78, 5) is 20.3. The molecular formula is C24H45N3O3. The zero-order valence-electron chi connectivity index (χ0n) is 19.9. The van der Waals surface area contributed by atoms with Crippen molar-refractivity contribution in [1.29, 1.82) is 0 Å². The Morgan fingerprint density at radius 2 is 1.80 bits per heavy atom. The monoisotopic (exact) mass is 423 g/mol. The molecule has 2 heterocycles. The predicted octanol–water partition coefficient (Wildman–Crippen LogP) is 3.21. The van der Waals surface area contributed by atoms with E-state index >= 15 is 0 Å². The third-order valence-corrected chi connectivity index (χ3v) is 7.64. The van der Waals surface area contributed by atoms with Crippen molar-refractivity contribution in [3.63, 3.8) is 0 Å². The van der Waals surface area contributed by atoms with Gasteiger partial charge >= 0.3 is 0 Å². The lowest BCUT2D eigenvalue weighted by Crippen LogP contribution is -2.55. The van der Waals surface area contributed by atoms with Gasteiger partial charge in [0, 0.05) is 51.5 Å². The van der Waals surface area contributed by atoms with Crippen LogP contribution >= 0.6 is 0 Å². The minimum atomic E-state index is -0.329. The second kappa shape index (κ2) is 11.3. The van der Waals surface area contributed by atoms with E-state index in [1.165, 1.54) is 6.42 Å². The summed E-state index contributed by atoms with van der Waals surface area (Å²) in [6, 6.07) is 0.639. The molecule has 0 unspecified atom stereocenters. The number of hydrogen-bond donors (Lipinski definition) is 0. The van der Waals surface area contributed by atoms with Gasteiger partial charge in [0.2, 0.25) is 5.91 Å². The molecule has 3 fully saturated rings. The van der Waals surface area contributed by atoms with Crippen molar-refractivity contribution in [1.82, 2.24) is 14.7 Å². The summed E-state index contributed by atoms with van der Waals surface area (Å²) in [5, 5.41) is 0. The van der Waals surface area contributed by atoms with Crippen LogP contribution in [0.1, 0.15) is 66.2 Å². The molecule has 0 N–H and O–H groups in total. The van der Waals surface area contributed by atoms with E-state index in [2.05, 4.69) is 42.4 Å². The standard InChI is InChI=1S/C24H45N3O3/c1-5-11-27-19-20(17-23(28)26(8-4)13-12-25(6-2)7-3)16-21-18-24(10-9-22(21)27)29-14-15-30-24/h20-22H,5-19H2,1-4H3/t20-,21-,22-/m1/s1. The van der Waals surface area contributed by atoms with E-state index in [0.29, 0.717) is 30.2 Å². The van der Waals surface area contributed by atoms with Crippen molar-refractivity contribution in [3.8, 4) is 0 Å². The van der Waals surface area contributed by atoms with Crippen LogP contribution in [0.25, 0.3) is 0 Å². The number of nitrogens with zero attached hydrogens (tertiary/aromatic N) is 3. The highest BCUT2D eigenvalue weighted by molar-refractivity contribution is 5.76. The molecule has 3 atom stereocenters. The SMILES string of the molecule is CCCN1C[C@@H](CC(=O)N(CC)CCN(CC)CC)C[C@@H]2CC3(CC[C@H]21)OCCO3. The van der Waals surface area contributed by atoms with Gasteiger partial charge in [-0.2, -0.15) is 0 Å². The van der Waals surface area contributed by atoms with Gasteiger partial charge in [0.25, 0.3) is 0 Å². The smallest absolute Gasteiger partial charge is 0.222 e. The second-order valence-corrected chi connectivity index (χ2v) is 9.48. The highest BCUT2D eigenvalue weighted by Crippen LogP contribution is 2.45. The van der Waals surface area contributed by atoms with Crippen LogP contribution in [0.3, 0.4) is 0 Å². The largest absolute Gasteiger partial charge is 0.348 e. The topological polar surface area (TPSA) is 45.3 Å². The Balaban J connectivity index is 1.59. The lowest BCUT2D eigenvalue weighted by Gasteiger charge is -2.51. The third kappa shape index (κ3) is 5.76. The summed E-state index contributed by atoms with van der Waals surface area (Å²) in [7, 11) is 0. The average Bonchev–Trinajstić information content (AvgIpc) is 3.18. The van der Waals surface area contributed by atoms with Crippen LogP contribution in [0.4, 0.5) is 0 Å². The fourth-order valence-electron chi connectivity index (χ4n) is 6.02. The molecule has 3 rings (SSSR count). The molecule has 1 spiro atoms. The maximum absolute atomic E-state index is 13.1. The fourth-order valence-corrected chi connectivity index (χ4v) is 6.02. The van der Waals surface area contributed by atoms with E-state index in [-0.39, 0.29) is 5.79 Å². The molecule has 0 aromatic carbocycles. The Morgan fingerprint density at radius 1 is 1.07 bits per heavy atom. The zero-order valence-corrected chi connectivity index (χ0v) is 19.9. The molecule has 6 heteroatoms. The summed E-state index contributed by atoms with van der Waals surface area (Å²) >= 11 is 0. The third-order valence-electron chi connectivity index (χ3n) is 7.64. The maximum Gasteiger partial charge on any atom is 0.222 e. The molecule has 2 saturated heterocycles. The first-order valence-corrected chi connectivity index (χ1v) is 12.6. The van der Waals surface area contributed by atoms with Gasteiger partial charge in [-0.3, -0.25) is 9.69 Å². The molecule has 0 aromatic heterocycles. The summed E-state index contributed by atoms with van der Waals surface area (Å²) in [6.07, 6.45) is 6.18. The van der Waals surface area contributed by atoms with E-state index < -0.39 is 0 Å². The molecule has 174 valence electrons. The van der Waals surface area contributed by atoms with Crippen molar-refractivity contribution in [2.24, 2.45) is 11.8 Å². The van der Waals surface area contributed by atoms with Gasteiger partial charge in [0.05, 0.1) is 13.2 Å². The Hall–Kier alpha value is -0.690. The van der Waals surface area contributed by atoms with Gasteiger partial charge in [0.1, 0.15) is 0 Å². The fraction of sp³-hybridized carbons (Fsp3) is 0.958. The van der Waals surface area contributed by atoms with Gasteiger partial charge in [-0.05, 0) is 57.7 Å². The molecule has 0 bridgehead atoms. The molecule has 1 saturated carbocycles. The van der Waals surface area contributed by atoms with E-state index in [1.54, 1.807) is 0 Å². The predicted molar refractivity (Wildman–Crippen MR) is 120 cm³/mol. The summed E-state index contributed by atoms with van der Waals surface area (Å²) in [6.45, 7) is 17.2. The number of amides is 1. The van der Waals surface area contributed by atoms with E-state index in [0.717, 1.165) is 84.7 Å². The second-order valence-electron chi connectivity index (χ2n) is 9.48. The van der Waals surface area contributed by atoms with Gasteiger partial charge in [0.15, 0.2) is 5.79 Å². The number of carbonyl (C=O) groups is 1. The highest BCUT2D eigenvalue weighted by atomic mass is 16.7. The number of likely N-dealkylation sites (N-methyl/N-ethyl adjacent to an activating group) is 2. The van der Waals surface area contributed by atoms with Crippen LogP contribution < -0.4 is 0 Å². The quantitative estimate of drug-likeness (QED) is 0.540. The van der Waals surface area contributed by atoms with Crippen molar-refractivity contribution >= 4 is 5.91 Å². The normalized spacial score (nSPS) is 28.8. The van der Waals surface area contributed by atoms with Gasteiger partial charge in [-0.15, -0.1) is 0 Å². The van der Waals surface area contributed by atoms with E-state index in [1.807, 2.05) is 0 Å². The van der Waals surface area contributed by atoms with Gasteiger partial charge in [-0.1, -0.05) is 20.8 Å². The number of hydrogen-bond acceptors (Lipinski definition) is 5. The maximum atomic E-state index is 13.1. The Bertz CT molecular complexity index is 534. The summed E-state index contributed by atoms with van der Waals surface area (Å²) in [5.41, 5.74) is 0. The van der Waals surface area contributed by atoms with Crippen LogP contribution in [-0.2, 0) is 14.3 Å². The zero-order chi connectivity index (χ0) is 21.6. The van der Waals surface area contributed by atoms with Crippen molar-refractivity contribution in [2.75, 3.05) is 59.0 Å². The van der Waals surface area contributed by atoms with Crippen molar-refractivity contribution < 1.29 is 14.3 Å². The number of fused-ring (bicyclic) bond motifs is 1. The van der Waals surface area contributed by atoms with Crippen LogP contribution in [0.2, 0.25) is 0 Å². The molecule has 1 amide bonds. The van der Waals surface area contributed by atoms with Crippen LogP contribution in [0, 0.1) is 11.8 Å². The molecule has 0 aromatic rings. The average molecular weight is 424 g/mol. The van der Waals surface area contributed by atoms with Crippen molar-refractivity contribution in [2.45, 2.75) is 78.0 Å². The molecule has 0 radical (unpaired) electrons. The van der Waals surface area contributed by atoms with Crippen LogP contribution in [0.15, 0.2) is 0 Å². The number of rotatable bonds is 10. The summed E-state index contributed by atoms with van der Waals surface area (Å²) < 4.78 is 12.1. The van der Waals surface area contributed by atoms with E-state index in [9.17, 15) is 4.79 Å². The first kappa shape index (κ1) is 24.0. The lowest BCUT2D eigenvalue weighted by molar-refractivity contribution is -0.203. The molecular weight excluding hydrogens is 378 g/mol. The molecule has 30 heavy (non-hydrogen) atoms. The number of likely N-dealkylation sites (tertiary alicyclic amines) is 1. The number of ether oxygens (including phenoxy) is 2. The summed E-state index contributed by atoms with van der Waals surface area (Å²) in [5.74, 6) is 1.04. The molecule has 1 aliphatic carbocycles. The lowest BCUT2D eigenvalue weighted by atomic mass is 9.72. The van der Waals surface area contributed by atoms with Gasteiger partial charge < -0.3 is 19.3 Å². The Morgan fingerprint density at radius 3 is 2.43 bits per heavy atom. The van der Waals surface area contributed by atoms with Crippen LogP contribution in [0.5, 0.6) is 0 Å². The molecule has 3 aliphatic rings. The Labute approximate surface area is 184 Å². The van der Waals surface area contributed by atoms with Crippen LogP contribution in [-0.4, -0.2) is 91.5 Å². The number of carbonyl (C=O) groups excluding carboxylic acids is 1. The number of piperidine rings is 1. The minimum Gasteiger partial charge on any atom is -0.348 e.